The predicted octanol–water partition coefficient (Wildman–Crippen LogP) is 2.26. The van der Waals surface area contributed by atoms with E-state index in [9.17, 15) is 4.79 Å². The van der Waals surface area contributed by atoms with Crippen molar-refractivity contribution in [1.29, 1.82) is 0 Å². The van der Waals surface area contributed by atoms with Gasteiger partial charge in [-0.05, 0) is 34.0 Å². The first-order valence-electron chi connectivity index (χ1n) is 4.33. The normalized spacial score (nSPS) is 13.6. The minimum absolute atomic E-state index is 0.157. The van der Waals surface area contributed by atoms with E-state index in [2.05, 4.69) is 5.32 Å². The molecule has 0 fully saturated rings. The lowest BCUT2D eigenvalue weighted by atomic mass is 10.2. The minimum atomic E-state index is -0.414. The molecule has 78 valence electrons. The molecule has 0 saturated heterocycles. The Hall–Kier alpha value is -0.380. The number of carbonyl (C=O) groups is 1. The Labute approximate surface area is 84.6 Å². The van der Waals surface area contributed by atoms with Crippen molar-refractivity contribution in [3.8, 4) is 0 Å². The van der Waals surface area contributed by atoms with Crippen LogP contribution in [-0.2, 0) is 4.74 Å². The highest BCUT2D eigenvalue weighted by Gasteiger charge is 2.17. The number of thioether (sulfide) groups is 1. The molecule has 0 saturated carbocycles. The first-order chi connectivity index (χ1) is 5.85. The van der Waals surface area contributed by atoms with Gasteiger partial charge in [-0.15, -0.1) is 0 Å². The number of amides is 1. The summed E-state index contributed by atoms with van der Waals surface area (Å²) in [6.07, 6.45) is 1.67. The molecule has 1 unspecified atom stereocenters. The Morgan fingerprint density at radius 3 is 2.46 bits per heavy atom. The molecule has 0 aromatic rings. The molecule has 1 atom stereocenters. The Kier molecular flexibility index (Phi) is 5.21. The Bertz CT molecular complexity index is 165. The quantitative estimate of drug-likeness (QED) is 0.768. The van der Waals surface area contributed by atoms with Crippen molar-refractivity contribution in [2.75, 3.05) is 12.0 Å². The van der Waals surface area contributed by atoms with Crippen molar-refractivity contribution in [3.63, 3.8) is 0 Å². The molecule has 0 heterocycles. The van der Waals surface area contributed by atoms with Gasteiger partial charge in [0, 0.05) is 11.8 Å². The number of nitrogens with one attached hydrogen (secondary N) is 1. The van der Waals surface area contributed by atoms with Gasteiger partial charge in [0.05, 0.1) is 0 Å². The molecule has 0 aliphatic heterocycles. The zero-order valence-electron chi connectivity index (χ0n) is 9.01. The molecule has 0 aromatic heterocycles. The maximum absolute atomic E-state index is 11.2. The smallest absolute Gasteiger partial charge is 0.407 e. The molecule has 1 N–H and O–H groups in total. The lowest BCUT2D eigenvalue weighted by molar-refractivity contribution is 0.0513. The van der Waals surface area contributed by atoms with Crippen molar-refractivity contribution < 1.29 is 9.53 Å². The summed E-state index contributed by atoms with van der Waals surface area (Å²) in [4.78, 5) is 11.2. The van der Waals surface area contributed by atoms with Crippen molar-refractivity contribution in [3.05, 3.63) is 0 Å². The second-order valence-corrected chi connectivity index (χ2v) is 4.91. The van der Waals surface area contributed by atoms with E-state index in [1.54, 1.807) is 11.8 Å². The van der Waals surface area contributed by atoms with E-state index in [1.165, 1.54) is 0 Å². The number of hydrogen-bond donors (Lipinski definition) is 1. The fraction of sp³-hybridized carbons (Fsp3) is 0.889. The Morgan fingerprint density at radius 1 is 1.54 bits per heavy atom. The summed E-state index contributed by atoms with van der Waals surface area (Å²) in [6, 6.07) is 0.157. The first-order valence-corrected chi connectivity index (χ1v) is 5.73. The summed E-state index contributed by atoms with van der Waals surface area (Å²) in [5, 5.41) is 2.76. The van der Waals surface area contributed by atoms with Crippen LogP contribution in [0.4, 0.5) is 4.79 Å². The number of hydrogen-bond acceptors (Lipinski definition) is 3. The Balaban J connectivity index is 3.74. The maximum atomic E-state index is 11.2. The highest BCUT2D eigenvalue weighted by molar-refractivity contribution is 7.98. The average Bonchev–Trinajstić information content (AvgIpc) is 1.81. The third-order valence-electron chi connectivity index (χ3n) is 1.18. The highest BCUT2D eigenvalue weighted by atomic mass is 32.2. The summed E-state index contributed by atoms with van der Waals surface area (Å²) in [5.74, 6) is 0.902. The van der Waals surface area contributed by atoms with E-state index >= 15 is 0 Å². The van der Waals surface area contributed by atoms with Gasteiger partial charge in [-0.1, -0.05) is 0 Å². The van der Waals surface area contributed by atoms with Crippen LogP contribution in [0.2, 0.25) is 0 Å². The van der Waals surface area contributed by atoms with Crippen LogP contribution in [0, 0.1) is 0 Å². The van der Waals surface area contributed by atoms with Crippen molar-refractivity contribution in [2.24, 2.45) is 0 Å². The molecule has 4 heteroatoms. The van der Waals surface area contributed by atoms with Crippen LogP contribution in [0.25, 0.3) is 0 Å². The molecule has 13 heavy (non-hydrogen) atoms. The van der Waals surface area contributed by atoms with Crippen molar-refractivity contribution in [1.82, 2.24) is 5.32 Å². The van der Waals surface area contributed by atoms with Gasteiger partial charge in [-0.3, -0.25) is 0 Å². The fourth-order valence-corrected chi connectivity index (χ4v) is 1.38. The van der Waals surface area contributed by atoms with Gasteiger partial charge in [-0.25, -0.2) is 4.79 Å². The van der Waals surface area contributed by atoms with Crippen LogP contribution < -0.4 is 5.32 Å². The van der Waals surface area contributed by atoms with Crippen LogP contribution >= 0.6 is 11.8 Å². The monoisotopic (exact) mass is 205 g/mol. The number of carbonyl (C=O) groups excluding carboxylic acids is 1. The zero-order valence-corrected chi connectivity index (χ0v) is 9.83. The molecular weight excluding hydrogens is 186 g/mol. The van der Waals surface area contributed by atoms with E-state index in [1.807, 2.05) is 34.0 Å². The molecule has 0 rings (SSSR count). The van der Waals surface area contributed by atoms with E-state index in [0.29, 0.717) is 0 Å². The predicted molar refractivity (Wildman–Crippen MR) is 57.2 cm³/mol. The molecule has 3 nitrogen and oxygen atoms in total. The topological polar surface area (TPSA) is 38.3 Å². The summed E-state index contributed by atoms with van der Waals surface area (Å²) >= 11 is 1.70. The molecular formula is C9H19NO2S. The molecule has 0 spiro atoms. The van der Waals surface area contributed by atoms with E-state index in [4.69, 9.17) is 4.74 Å². The van der Waals surface area contributed by atoms with E-state index < -0.39 is 5.60 Å². The lowest BCUT2D eigenvalue weighted by Crippen LogP contribution is -2.38. The van der Waals surface area contributed by atoms with E-state index in [0.717, 1.165) is 5.75 Å². The van der Waals surface area contributed by atoms with Gasteiger partial charge in [0.2, 0.25) is 0 Å². The van der Waals surface area contributed by atoms with Gasteiger partial charge in [-0.2, -0.15) is 11.8 Å². The molecule has 0 aliphatic rings. The summed E-state index contributed by atoms with van der Waals surface area (Å²) in [5.41, 5.74) is -0.414. The molecule has 0 aliphatic carbocycles. The lowest BCUT2D eigenvalue weighted by Gasteiger charge is -2.21. The maximum Gasteiger partial charge on any atom is 0.407 e. The van der Waals surface area contributed by atoms with Crippen LogP contribution in [0.5, 0.6) is 0 Å². The minimum Gasteiger partial charge on any atom is -0.444 e. The third kappa shape index (κ3) is 7.96. The first kappa shape index (κ1) is 12.6. The zero-order chi connectivity index (χ0) is 10.5. The largest absolute Gasteiger partial charge is 0.444 e. The van der Waals surface area contributed by atoms with Gasteiger partial charge < -0.3 is 10.1 Å². The summed E-state index contributed by atoms with van der Waals surface area (Å²) in [7, 11) is 0. The second-order valence-electron chi connectivity index (χ2n) is 4.00. The second kappa shape index (κ2) is 5.37. The fourth-order valence-electron chi connectivity index (χ4n) is 0.800. The molecule has 0 bridgehead atoms. The number of alkyl carbamates (subject to hydrolysis) is 1. The molecule has 0 aromatic carbocycles. The van der Waals surface area contributed by atoms with Crippen LogP contribution in [0.3, 0.4) is 0 Å². The third-order valence-corrected chi connectivity index (χ3v) is 2.01. The Morgan fingerprint density at radius 2 is 2.08 bits per heavy atom. The van der Waals surface area contributed by atoms with Crippen LogP contribution in [0.15, 0.2) is 0 Å². The number of rotatable bonds is 3. The van der Waals surface area contributed by atoms with Crippen LogP contribution in [-0.4, -0.2) is 29.7 Å². The van der Waals surface area contributed by atoms with E-state index in [-0.39, 0.29) is 12.1 Å². The van der Waals surface area contributed by atoms with Gasteiger partial charge in [0.25, 0.3) is 0 Å². The molecule has 0 radical (unpaired) electrons. The SMILES string of the molecule is CSCC(C)NC(=O)OC(C)(C)C. The van der Waals surface area contributed by atoms with Gasteiger partial charge in [0.1, 0.15) is 5.60 Å². The highest BCUT2D eigenvalue weighted by Crippen LogP contribution is 2.07. The molecule has 1 amide bonds. The van der Waals surface area contributed by atoms with Gasteiger partial charge in [0.15, 0.2) is 0 Å². The van der Waals surface area contributed by atoms with Crippen molar-refractivity contribution >= 4 is 17.9 Å². The standard InChI is InChI=1S/C9H19NO2S/c1-7(6-13-5)10-8(11)12-9(2,3)4/h7H,6H2,1-5H3,(H,10,11). The number of ether oxygens (including phenoxy) is 1. The van der Waals surface area contributed by atoms with Gasteiger partial charge >= 0.3 is 6.09 Å². The summed E-state index contributed by atoms with van der Waals surface area (Å²) in [6.45, 7) is 7.52. The van der Waals surface area contributed by atoms with Crippen LogP contribution in [0.1, 0.15) is 27.7 Å². The average molecular weight is 205 g/mol. The van der Waals surface area contributed by atoms with Crippen molar-refractivity contribution in [2.45, 2.75) is 39.3 Å². The summed E-state index contributed by atoms with van der Waals surface area (Å²) < 4.78 is 5.10.